The molecular formula is C16H28BrN3. The maximum Gasteiger partial charge on any atom is 0.0766 e. The van der Waals surface area contributed by atoms with E-state index in [0.29, 0.717) is 6.04 Å². The molecule has 0 aliphatic heterocycles. The molecule has 2 unspecified atom stereocenters. The molecule has 1 aromatic heterocycles. The van der Waals surface area contributed by atoms with E-state index in [9.17, 15) is 0 Å². The van der Waals surface area contributed by atoms with Gasteiger partial charge in [0.1, 0.15) is 0 Å². The highest BCUT2D eigenvalue weighted by Gasteiger charge is 2.23. The molecule has 0 spiro atoms. The molecule has 20 heavy (non-hydrogen) atoms. The third-order valence-electron chi connectivity index (χ3n) is 4.62. The summed E-state index contributed by atoms with van der Waals surface area (Å²) >= 11 is 3.78. The smallest absolute Gasteiger partial charge is 0.0766 e. The summed E-state index contributed by atoms with van der Waals surface area (Å²) in [6.07, 6.45) is 8.92. The average Bonchev–Trinajstić information content (AvgIpc) is 2.65. The summed E-state index contributed by atoms with van der Waals surface area (Å²) in [5, 5.41) is 8.21. The minimum absolute atomic E-state index is 0.699. The lowest BCUT2D eigenvalue weighted by Crippen LogP contribution is -2.27. The molecule has 1 N–H and O–H groups in total. The number of hydrogen-bond acceptors (Lipinski definition) is 2. The van der Waals surface area contributed by atoms with Crippen molar-refractivity contribution in [2.45, 2.75) is 71.4 Å². The van der Waals surface area contributed by atoms with E-state index >= 15 is 0 Å². The van der Waals surface area contributed by atoms with Crippen LogP contribution in [0.1, 0.15) is 57.3 Å². The normalized spacial score (nSPS) is 23.8. The Morgan fingerprint density at radius 1 is 1.30 bits per heavy atom. The molecule has 1 aromatic rings. The minimum Gasteiger partial charge on any atom is -0.317 e. The van der Waals surface area contributed by atoms with Gasteiger partial charge in [0.05, 0.1) is 15.9 Å². The second kappa shape index (κ2) is 7.60. The molecule has 114 valence electrons. The number of nitrogens with one attached hydrogen (secondary N) is 1. The van der Waals surface area contributed by atoms with Gasteiger partial charge in [-0.25, -0.2) is 0 Å². The molecule has 2 atom stereocenters. The van der Waals surface area contributed by atoms with E-state index in [2.05, 4.69) is 46.8 Å². The molecule has 1 aliphatic carbocycles. The molecule has 1 heterocycles. The van der Waals surface area contributed by atoms with E-state index in [-0.39, 0.29) is 0 Å². The van der Waals surface area contributed by atoms with E-state index in [0.717, 1.165) is 18.9 Å². The van der Waals surface area contributed by atoms with E-state index in [1.165, 1.54) is 54.4 Å². The van der Waals surface area contributed by atoms with Gasteiger partial charge in [-0.15, -0.1) is 0 Å². The lowest BCUT2D eigenvalue weighted by molar-refractivity contribution is 0.390. The van der Waals surface area contributed by atoms with Crippen molar-refractivity contribution in [3.05, 3.63) is 15.9 Å². The van der Waals surface area contributed by atoms with Crippen LogP contribution in [0.5, 0.6) is 0 Å². The average molecular weight is 342 g/mol. The van der Waals surface area contributed by atoms with Gasteiger partial charge < -0.3 is 5.32 Å². The van der Waals surface area contributed by atoms with Crippen molar-refractivity contribution in [3.63, 3.8) is 0 Å². The van der Waals surface area contributed by atoms with Crippen LogP contribution in [0.4, 0.5) is 0 Å². The first-order valence-corrected chi connectivity index (χ1v) is 8.90. The molecule has 1 saturated carbocycles. The maximum absolute atomic E-state index is 4.73. The van der Waals surface area contributed by atoms with E-state index < -0.39 is 0 Å². The fraction of sp³-hybridized carbons (Fsp3) is 0.812. The highest BCUT2D eigenvalue weighted by molar-refractivity contribution is 9.10. The Hall–Kier alpha value is -0.350. The van der Waals surface area contributed by atoms with Gasteiger partial charge in [0.2, 0.25) is 0 Å². The van der Waals surface area contributed by atoms with Gasteiger partial charge in [0, 0.05) is 12.6 Å². The second-order valence-corrected chi connectivity index (χ2v) is 6.75. The molecule has 4 heteroatoms. The van der Waals surface area contributed by atoms with Crippen molar-refractivity contribution in [1.29, 1.82) is 0 Å². The monoisotopic (exact) mass is 341 g/mol. The lowest BCUT2D eigenvalue weighted by Gasteiger charge is -2.20. The van der Waals surface area contributed by atoms with Crippen LogP contribution < -0.4 is 5.32 Å². The summed E-state index contributed by atoms with van der Waals surface area (Å²) in [5.74, 6) is 0.790. The zero-order valence-electron chi connectivity index (χ0n) is 13.1. The third-order valence-corrected chi connectivity index (χ3v) is 5.53. The Balaban J connectivity index is 2.13. The lowest BCUT2D eigenvalue weighted by atomic mass is 9.93. The third kappa shape index (κ3) is 3.64. The summed E-state index contributed by atoms with van der Waals surface area (Å²) in [6, 6.07) is 0.699. The second-order valence-electron chi connectivity index (χ2n) is 5.95. The van der Waals surface area contributed by atoms with Crippen LogP contribution in [-0.4, -0.2) is 22.9 Å². The molecule has 2 rings (SSSR count). The summed E-state index contributed by atoms with van der Waals surface area (Å²) in [6.45, 7) is 5.33. The SMILES string of the molecule is CCc1nn(CC)c(CC2CCCCC(NC)C2)c1Br. The van der Waals surface area contributed by atoms with Crippen molar-refractivity contribution < 1.29 is 0 Å². The van der Waals surface area contributed by atoms with Gasteiger partial charge in [-0.3, -0.25) is 4.68 Å². The Labute approximate surface area is 131 Å². The van der Waals surface area contributed by atoms with Crippen LogP contribution in [0, 0.1) is 5.92 Å². The van der Waals surface area contributed by atoms with Crippen LogP contribution in [0.15, 0.2) is 4.47 Å². The summed E-state index contributed by atoms with van der Waals surface area (Å²) in [5.41, 5.74) is 2.62. The first-order valence-electron chi connectivity index (χ1n) is 8.10. The number of rotatable bonds is 5. The van der Waals surface area contributed by atoms with Crippen LogP contribution >= 0.6 is 15.9 Å². The zero-order valence-corrected chi connectivity index (χ0v) is 14.7. The van der Waals surface area contributed by atoms with Gasteiger partial charge in [0.15, 0.2) is 0 Å². The van der Waals surface area contributed by atoms with Crippen molar-refractivity contribution in [1.82, 2.24) is 15.1 Å². The molecule has 0 bridgehead atoms. The van der Waals surface area contributed by atoms with E-state index in [1.54, 1.807) is 0 Å². The van der Waals surface area contributed by atoms with Gasteiger partial charge in [-0.2, -0.15) is 5.10 Å². The minimum atomic E-state index is 0.699. The van der Waals surface area contributed by atoms with Crippen molar-refractivity contribution >= 4 is 15.9 Å². The number of halogens is 1. The van der Waals surface area contributed by atoms with Gasteiger partial charge in [-0.1, -0.05) is 26.2 Å². The van der Waals surface area contributed by atoms with Crippen molar-refractivity contribution in [3.8, 4) is 0 Å². The fourth-order valence-corrected chi connectivity index (χ4v) is 4.12. The molecule has 1 aliphatic rings. The summed E-state index contributed by atoms with van der Waals surface area (Å²) < 4.78 is 3.45. The largest absolute Gasteiger partial charge is 0.317 e. The Bertz CT molecular complexity index is 428. The predicted molar refractivity (Wildman–Crippen MR) is 88.1 cm³/mol. The van der Waals surface area contributed by atoms with Gasteiger partial charge in [-0.05, 0) is 61.5 Å². The van der Waals surface area contributed by atoms with Crippen LogP contribution in [0.3, 0.4) is 0 Å². The zero-order chi connectivity index (χ0) is 14.5. The first kappa shape index (κ1) is 16.0. The first-order chi connectivity index (χ1) is 9.69. The highest BCUT2D eigenvalue weighted by atomic mass is 79.9. The molecule has 0 amide bonds. The molecule has 3 nitrogen and oxygen atoms in total. The quantitative estimate of drug-likeness (QED) is 0.822. The summed E-state index contributed by atoms with van der Waals surface area (Å²) in [7, 11) is 2.11. The standard InChI is InChI=1S/C16H28BrN3/c1-4-14-16(17)15(20(5-2)19-14)11-12-8-6-7-9-13(10-12)18-3/h12-13,18H,4-11H2,1-3H3. The maximum atomic E-state index is 4.73. The number of nitrogens with zero attached hydrogens (tertiary/aromatic N) is 2. The molecule has 0 radical (unpaired) electrons. The fourth-order valence-electron chi connectivity index (χ4n) is 3.40. The van der Waals surface area contributed by atoms with E-state index in [1.807, 2.05) is 0 Å². The number of hydrogen-bond donors (Lipinski definition) is 1. The van der Waals surface area contributed by atoms with Crippen LogP contribution in [-0.2, 0) is 19.4 Å². The Morgan fingerprint density at radius 3 is 2.70 bits per heavy atom. The van der Waals surface area contributed by atoms with E-state index in [4.69, 9.17) is 5.10 Å². The Morgan fingerprint density at radius 2 is 2.05 bits per heavy atom. The number of aromatic nitrogens is 2. The Kier molecular flexibility index (Phi) is 6.09. The molecule has 0 saturated heterocycles. The topological polar surface area (TPSA) is 29.9 Å². The van der Waals surface area contributed by atoms with Gasteiger partial charge >= 0.3 is 0 Å². The molecular weight excluding hydrogens is 314 g/mol. The van der Waals surface area contributed by atoms with Crippen molar-refractivity contribution in [2.24, 2.45) is 5.92 Å². The predicted octanol–water partition coefficient (Wildman–Crippen LogP) is 3.94. The molecule has 1 fully saturated rings. The highest BCUT2D eigenvalue weighted by Crippen LogP contribution is 2.30. The summed E-state index contributed by atoms with van der Waals surface area (Å²) in [4.78, 5) is 0. The number of aryl methyl sites for hydroxylation is 2. The molecule has 0 aromatic carbocycles. The van der Waals surface area contributed by atoms with Crippen LogP contribution in [0.2, 0.25) is 0 Å². The van der Waals surface area contributed by atoms with Crippen LogP contribution in [0.25, 0.3) is 0 Å². The van der Waals surface area contributed by atoms with Crippen molar-refractivity contribution in [2.75, 3.05) is 7.05 Å². The van der Waals surface area contributed by atoms with Gasteiger partial charge in [0.25, 0.3) is 0 Å².